The lowest BCUT2D eigenvalue weighted by molar-refractivity contribution is -0.135. The molecule has 3 N–H and O–H groups in total. The Morgan fingerprint density at radius 2 is 1.81 bits per heavy atom. The number of rotatable bonds is 2. The van der Waals surface area contributed by atoms with Crippen LogP contribution in [0.4, 0.5) is 0 Å². The van der Waals surface area contributed by atoms with Gasteiger partial charge in [-0.2, -0.15) is 0 Å². The molecular formula is C21H26N4O. The van der Waals surface area contributed by atoms with E-state index in [1.54, 1.807) is 0 Å². The number of hydrogen-bond acceptors (Lipinski definition) is 4. The van der Waals surface area contributed by atoms with Crippen molar-refractivity contribution in [1.82, 2.24) is 20.9 Å². The van der Waals surface area contributed by atoms with Gasteiger partial charge in [0.05, 0.1) is 12.1 Å². The second kappa shape index (κ2) is 6.65. The number of hydrogen-bond donors (Lipinski definition) is 3. The van der Waals surface area contributed by atoms with Gasteiger partial charge < -0.3 is 10.6 Å². The zero-order valence-corrected chi connectivity index (χ0v) is 14.9. The van der Waals surface area contributed by atoms with Gasteiger partial charge in [-0.15, -0.1) is 0 Å². The van der Waals surface area contributed by atoms with Crippen LogP contribution in [0, 0.1) is 5.92 Å². The van der Waals surface area contributed by atoms with E-state index < -0.39 is 0 Å². The van der Waals surface area contributed by atoms with Crippen LogP contribution in [0.2, 0.25) is 0 Å². The summed E-state index contributed by atoms with van der Waals surface area (Å²) in [5.74, 6) is 0.337. The van der Waals surface area contributed by atoms with Crippen LogP contribution in [0.1, 0.15) is 30.7 Å². The standard InChI is InChI=1S/C21H26N4O/c26-20-18-17(16-9-5-7-14-6-1-2-8-15(14)16)10-11-22-19(18)23-21(24-20)25-12-3-4-13-25/h1-2,5-9,17-19,21-23H,3-4,10-13H2,(H,24,26). The summed E-state index contributed by atoms with van der Waals surface area (Å²) in [6.45, 7) is 3.05. The first-order chi connectivity index (χ1) is 12.8. The molecule has 0 spiro atoms. The van der Waals surface area contributed by atoms with Crippen molar-refractivity contribution in [1.29, 1.82) is 0 Å². The third kappa shape index (κ3) is 2.71. The Balaban J connectivity index is 1.46. The molecule has 136 valence electrons. The zero-order chi connectivity index (χ0) is 17.5. The van der Waals surface area contributed by atoms with Crippen LogP contribution in [-0.2, 0) is 4.79 Å². The minimum Gasteiger partial charge on any atom is -0.328 e. The van der Waals surface area contributed by atoms with Crippen LogP contribution in [0.3, 0.4) is 0 Å². The highest BCUT2D eigenvalue weighted by Gasteiger charge is 2.45. The fourth-order valence-corrected chi connectivity index (χ4v) is 4.99. The molecule has 3 aliphatic heterocycles. The molecule has 5 nitrogen and oxygen atoms in total. The minimum absolute atomic E-state index is 0.0343. The molecule has 3 aliphatic rings. The third-order valence-corrected chi connectivity index (χ3v) is 6.26. The number of fused-ring (bicyclic) bond motifs is 2. The van der Waals surface area contributed by atoms with Gasteiger partial charge in [0.2, 0.25) is 5.91 Å². The predicted molar refractivity (Wildman–Crippen MR) is 102 cm³/mol. The van der Waals surface area contributed by atoms with Crippen molar-refractivity contribution in [2.75, 3.05) is 19.6 Å². The maximum absolute atomic E-state index is 13.1. The van der Waals surface area contributed by atoms with E-state index in [2.05, 4.69) is 63.3 Å². The van der Waals surface area contributed by atoms with Crippen LogP contribution in [0.25, 0.3) is 10.8 Å². The summed E-state index contributed by atoms with van der Waals surface area (Å²) in [4.78, 5) is 15.4. The summed E-state index contributed by atoms with van der Waals surface area (Å²) < 4.78 is 0. The Bertz CT molecular complexity index is 811. The molecule has 5 rings (SSSR count). The van der Waals surface area contributed by atoms with Gasteiger partial charge in [-0.3, -0.25) is 15.0 Å². The van der Waals surface area contributed by atoms with Crippen LogP contribution in [-0.4, -0.2) is 42.9 Å². The van der Waals surface area contributed by atoms with Crippen molar-refractivity contribution in [3.63, 3.8) is 0 Å². The van der Waals surface area contributed by atoms with E-state index in [-0.39, 0.29) is 30.2 Å². The molecule has 4 atom stereocenters. The van der Waals surface area contributed by atoms with E-state index in [4.69, 9.17) is 0 Å². The van der Waals surface area contributed by atoms with Crippen molar-refractivity contribution in [2.24, 2.45) is 5.92 Å². The van der Waals surface area contributed by atoms with Crippen molar-refractivity contribution in [3.8, 4) is 0 Å². The number of carbonyl (C=O) groups is 1. The molecule has 3 heterocycles. The Labute approximate surface area is 154 Å². The normalized spacial score (nSPS) is 32.4. The van der Waals surface area contributed by atoms with Gasteiger partial charge in [0.15, 0.2) is 0 Å². The van der Waals surface area contributed by atoms with Crippen molar-refractivity contribution < 1.29 is 4.79 Å². The molecule has 3 fully saturated rings. The van der Waals surface area contributed by atoms with Crippen molar-refractivity contribution >= 4 is 16.7 Å². The molecule has 5 heteroatoms. The van der Waals surface area contributed by atoms with Gasteiger partial charge in [-0.25, -0.2) is 0 Å². The fraction of sp³-hybridized carbons (Fsp3) is 0.476. The largest absolute Gasteiger partial charge is 0.328 e. The lowest BCUT2D eigenvalue weighted by Gasteiger charge is -2.46. The molecule has 2 aromatic carbocycles. The number of piperidine rings is 1. The summed E-state index contributed by atoms with van der Waals surface area (Å²) in [6.07, 6.45) is 3.42. The summed E-state index contributed by atoms with van der Waals surface area (Å²) in [5, 5.41) is 13.0. The first-order valence-electron chi connectivity index (χ1n) is 9.83. The number of amides is 1. The molecule has 26 heavy (non-hydrogen) atoms. The van der Waals surface area contributed by atoms with E-state index in [0.717, 1.165) is 26.1 Å². The first-order valence-corrected chi connectivity index (χ1v) is 9.83. The SMILES string of the molecule is O=C1NC(N2CCCC2)NC2NCCC(c3cccc4ccccc34)C12. The van der Waals surface area contributed by atoms with Crippen LogP contribution < -0.4 is 16.0 Å². The quantitative estimate of drug-likeness (QED) is 0.775. The molecule has 0 aliphatic carbocycles. The molecule has 3 saturated heterocycles. The van der Waals surface area contributed by atoms with Gasteiger partial charge >= 0.3 is 0 Å². The van der Waals surface area contributed by atoms with Crippen molar-refractivity contribution in [2.45, 2.75) is 37.6 Å². The van der Waals surface area contributed by atoms with Crippen LogP contribution in [0.15, 0.2) is 42.5 Å². The summed E-state index contributed by atoms with van der Waals surface area (Å²) >= 11 is 0. The zero-order valence-electron chi connectivity index (χ0n) is 14.9. The average molecular weight is 350 g/mol. The monoisotopic (exact) mass is 350 g/mol. The number of likely N-dealkylation sites (tertiary alicyclic amines) is 1. The average Bonchev–Trinajstić information content (AvgIpc) is 3.22. The lowest BCUT2D eigenvalue weighted by atomic mass is 9.76. The number of benzene rings is 2. The molecule has 2 aromatic rings. The molecule has 4 unspecified atom stereocenters. The van der Waals surface area contributed by atoms with E-state index in [9.17, 15) is 4.79 Å². The van der Waals surface area contributed by atoms with Gasteiger partial charge in [0, 0.05) is 19.0 Å². The highest BCUT2D eigenvalue weighted by Crippen LogP contribution is 2.38. The second-order valence-corrected chi connectivity index (χ2v) is 7.74. The van der Waals surface area contributed by atoms with E-state index in [1.807, 2.05) is 0 Å². The molecule has 0 radical (unpaired) electrons. The highest BCUT2D eigenvalue weighted by atomic mass is 16.2. The second-order valence-electron chi connectivity index (χ2n) is 7.74. The molecule has 0 saturated carbocycles. The maximum atomic E-state index is 13.1. The van der Waals surface area contributed by atoms with Crippen LogP contribution >= 0.6 is 0 Å². The lowest BCUT2D eigenvalue weighted by Crippen LogP contribution is -2.72. The summed E-state index contributed by atoms with van der Waals surface area (Å²) in [6, 6.07) is 15.0. The molecule has 0 aromatic heterocycles. The summed E-state index contributed by atoms with van der Waals surface area (Å²) in [7, 11) is 0. The first kappa shape index (κ1) is 16.2. The summed E-state index contributed by atoms with van der Waals surface area (Å²) in [5.41, 5.74) is 1.30. The topological polar surface area (TPSA) is 56.4 Å². The number of nitrogens with one attached hydrogen (secondary N) is 3. The Morgan fingerprint density at radius 1 is 1.00 bits per heavy atom. The molecule has 1 amide bonds. The Morgan fingerprint density at radius 3 is 2.69 bits per heavy atom. The maximum Gasteiger partial charge on any atom is 0.228 e. The predicted octanol–water partition coefficient (Wildman–Crippen LogP) is 1.96. The van der Waals surface area contributed by atoms with Crippen molar-refractivity contribution in [3.05, 3.63) is 48.0 Å². The van der Waals surface area contributed by atoms with E-state index in [1.165, 1.54) is 29.2 Å². The fourth-order valence-electron chi connectivity index (χ4n) is 4.99. The molecular weight excluding hydrogens is 324 g/mol. The van der Waals surface area contributed by atoms with Gasteiger partial charge in [0.1, 0.15) is 6.29 Å². The Kier molecular flexibility index (Phi) is 4.15. The number of carbonyl (C=O) groups excluding carboxylic acids is 1. The third-order valence-electron chi connectivity index (χ3n) is 6.26. The highest BCUT2D eigenvalue weighted by molar-refractivity contribution is 5.88. The van der Waals surface area contributed by atoms with Gasteiger partial charge in [0.25, 0.3) is 0 Å². The number of nitrogens with zero attached hydrogens (tertiary/aromatic N) is 1. The van der Waals surface area contributed by atoms with E-state index >= 15 is 0 Å². The van der Waals surface area contributed by atoms with Crippen LogP contribution in [0.5, 0.6) is 0 Å². The Hall–Kier alpha value is -1.95. The van der Waals surface area contributed by atoms with Gasteiger partial charge in [-0.05, 0) is 42.1 Å². The smallest absolute Gasteiger partial charge is 0.228 e. The molecule has 0 bridgehead atoms. The van der Waals surface area contributed by atoms with E-state index in [0.29, 0.717) is 0 Å². The van der Waals surface area contributed by atoms with Gasteiger partial charge in [-0.1, -0.05) is 42.5 Å². The minimum atomic E-state index is -0.0755.